The van der Waals surface area contributed by atoms with Crippen LogP contribution in [0.1, 0.15) is 42.4 Å². The van der Waals surface area contributed by atoms with Gasteiger partial charge < -0.3 is 5.32 Å². The second-order valence-corrected chi connectivity index (χ2v) is 9.22. The maximum atomic E-state index is 12.3. The molecule has 3 fully saturated rings. The summed E-state index contributed by atoms with van der Waals surface area (Å²) in [6, 6.07) is 7.18. The van der Waals surface area contributed by atoms with Crippen LogP contribution in [-0.4, -0.2) is 77.9 Å². The van der Waals surface area contributed by atoms with Gasteiger partial charge in [-0.25, -0.2) is 0 Å². The smallest absolute Gasteiger partial charge is 0.243 e. The molecule has 162 valence electrons. The van der Waals surface area contributed by atoms with E-state index in [4.69, 9.17) is 0 Å². The summed E-state index contributed by atoms with van der Waals surface area (Å²) in [5, 5.41) is 5.96. The molecule has 0 aromatic heterocycles. The van der Waals surface area contributed by atoms with Crippen molar-refractivity contribution < 1.29 is 9.59 Å². The summed E-state index contributed by atoms with van der Waals surface area (Å²) in [6.45, 7) is 9.57. The molecule has 0 aliphatic carbocycles. The number of benzene rings is 1. The van der Waals surface area contributed by atoms with Gasteiger partial charge in [0.1, 0.15) is 0 Å². The third-order valence-corrected chi connectivity index (χ3v) is 7.37. The lowest BCUT2D eigenvalue weighted by Gasteiger charge is -2.40. The van der Waals surface area contributed by atoms with E-state index in [2.05, 4.69) is 43.5 Å². The van der Waals surface area contributed by atoms with E-state index in [1.165, 1.54) is 42.6 Å². The molecule has 0 bridgehead atoms. The highest BCUT2D eigenvalue weighted by molar-refractivity contribution is 6.00. The highest BCUT2D eigenvalue weighted by atomic mass is 16.2. The standard InChI is InChI=1S/C23H33N5O2/c29-22-5-4-21(23(30)25-22)28-15-18-3-1-2-17(20(18)16-28)14-26-10-6-19(7-11-26)27-12-8-24-9-13-27/h1-3,19,21,24H,4-16H2,(H,25,29,30). The van der Waals surface area contributed by atoms with Crippen molar-refractivity contribution in [3.05, 3.63) is 34.9 Å². The Kier molecular flexibility index (Phi) is 5.87. The molecule has 0 radical (unpaired) electrons. The summed E-state index contributed by atoms with van der Waals surface area (Å²) in [6.07, 6.45) is 3.60. The topological polar surface area (TPSA) is 67.9 Å². The number of hydrogen-bond acceptors (Lipinski definition) is 6. The minimum atomic E-state index is -0.183. The van der Waals surface area contributed by atoms with Crippen molar-refractivity contribution in [1.82, 2.24) is 25.3 Å². The second kappa shape index (κ2) is 8.75. The van der Waals surface area contributed by atoms with Crippen molar-refractivity contribution in [2.45, 2.75) is 57.4 Å². The number of imide groups is 1. The quantitative estimate of drug-likeness (QED) is 0.711. The van der Waals surface area contributed by atoms with Crippen molar-refractivity contribution in [3.63, 3.8) is 0 Å². The predicted molar refractivity (Wildman–Crippen MR) is 115 cm³/mol. The van der Waals surface area contributed by atoms with Crippen LogP contribution in [0.3, 0.4) is 0 Å². The van der Waals surface area contributed by atoms with Crippen LogP contribution in [0.2, 0.25) is 0 Å². The number of amides is 2. The second-order valence-electron chi connectivity index (χ2n) is 9.22. The van der Waals surface area contributed by atoms with E-state index in [0.717, 1.165) is 51.9 Å². The summed E-state index contributed by atoms with van der Waals surface area (Å²) in [5.41, 5.74) is 4.14. The highest BCUT2D eigenvalue weighted by Crippen LogP contribution is 2.31. The third kappa shape index (κ3) is 4.17. The van der Waals surface area contributed by atoms with Crippen LogP contribution in [0.25, 0.3) is 0 Å². The molecule has 7 nitrogen and oxygen atoms in total. The van der Waals surface area contributed by atoms with Gasteiger partial charge in [0, 0.05) is 58.3 Å². The van der Waals surface area contributed by atoms with Gasteiger partial charge in [0.15, 0.2) is 0 Å². The van der Waals surface area contributed by atoms with Crippen molar-refractivity contribution in [1.29, 1.82) is 0 Å². The molecule has 0 spiro atoms. The van der Waals surface area contributed by atoms with E-state index >= 15 is 0 Å². The molecule has 4 aliphatic heterocycles. The minimum absolute atomic E-state index is 0.129. The summed E-state index contributed by atoms with van der Waals surface area (Å²) < 4.78 is 0. The van der Waals surface area contributed by atoms with Crippen LogP contribution >= 0.6 is 0 Å². The average molecular weight is 412 g/mol. The van der Waals surface area contributed by atoms with E-state index in [0.29, 0.717) is 12.8 Å². The molecule has 2 N–H and O–H groups in total. The van der Waals surface area contributed by atoms with E-state index in [1.54, 1.807) is 0 Å². The molecule has 1 atom stereocenters. The molecule has 0 saturated carbocycles. The number of piperidine rings is 2. The fraction of sp³-hybridized carbons (Fsp3) is 0.652. The maximum absolute atomic E-state index is 12.3. The van der Waals surface area contributed by atoms with Gasteiger partial charge in [0.2, 0.25) is 11.8 Å². The molecule has 1 aromatic rings. The van der Waals surface area contributed by atoms with Crippen LogP contribution in [0, 0.1) is 0 Å². The van der Waals surface area contributed by atoms with Gasteiger partial charge in [-0.2, -0.15) is 0 Å². The Hall–Kier alpha value is -1.80. The third-order valence-electron chi connectivity index (χ3n) is 7.37. The molecule has 4 aliphatic rings. The van der Waals surface area contributed by atoms with Crippen LogP contribution < -0.4 is 10.6 Å². The van der Waals surface area contributed by atoms with Gasteiger partial charge in [-0.1, -0.05) is 18.2 Å². The van der Waals surface area contributed by atoms with Crippen LogP contribution in [0.15, 0.2) is 18.2 Å². The van der Waals surface area contributed by atoms with Gasteiger partial charge in [-0.3, -0.25) is 29.6 Å². The van der Waals surface area contributed by atoms with Gasteiger partial charge in [-0.15, -0.1) is 0 Å². The number of hydrogen-bond donors (Lipinski definition) is 2. The first kappa shape index (κ1) is 20.1. The zero-order chi connectivity index (χ0) is 20.5. The van der Waals surface area contributed by atoms with Crippen molar-refractivity contribution in [3.8, 4) is 0 Å². The number of nitrogens with one attached hydrogen (secondary N) is 2. The number of rotatable bonds is 4. The van der Waals surface area contributed by atoms with Crippen LogP contribution in [0.5, 0.6) is 0 Å². The number of fused-ring (bicyclic) bond motifs is 1. The fourth-order valence-electron chi connectivity index (χ4n) is 5.65. The molecule has 2 amide bonds. The number of carbonyl (C=O) groups is 2. The number of likely N-dealkylation sites (tertiary alicyclic amines) is 1. The first-order chi connectivity index (χ1) is 14.7. The number of nitrogens with zero attached hydrogens (tertiary/aromatic N) is 3. The SMILES string of the molecule is O=C1CCC(N2Cc3cccc(CN4CCC(N5CCNCC5)CC4)c3C2)C(=O)N1. The normalized spacial score (nSPS) is 27.3. The first-order valence-corrected chi connectivity index (χ1v) is 11.5. The Labute approximate surface area is 178 Å². The summed E-state index contributed by atoms with van der Waals surface area (Å²) in [5.74, 6) is -0.270. The van der Waals surface area contributed by atoms with E-state index in [1.807, 2.05) is 0 Å². The Morgan fingerprint density at radius 2 is 1.73 bits per heavy atom. The molecule has 4 heterocycles. The molecule has 1 aromatic carbocycles. The van der Waals surface area contributed by atoms with Crippen molar-refractivity contribution >= 4 is 11.8 Å². The van der Waals surface area contributed by atoms with Crippen molar-refractivity contribution in [2.24, 2.45) is 0 Å². The fourth-order valence-corrected chi connectivity index (χ4v) is 5.65. The zero-order valence-electron chi connectivity index (χ0n) is 17.7. The molecular formula is C23H33N5O2. The molecule has 30 heavy (non-hydrogen) atoms. The molecule has 1 unspecified atom stereocenters. The van der Waals surface area contributed by atoms with Gasteiger partial charge in [0.05, 0.1) is 6.04 Å². The molecule has 7 heteroatoms. The highest BCUT2D eigenvalue weighted by Gasteiger charge is 2.35. The van der Waals surface area contributed by atoms with Crippen molar-refractivity contribution in [2.75, 3.05) is 39.3 Å². The van der Waals surface area contributed by atoms with Gasteiger partial charge in [-0.05, 0) is 49.0 Å². The summed E-state index contributed by atoms with van der Waals surface area (Å²) in [4.78, 5) is 31.3. The Morgan fingerprint density at radius 1 is 0.933 bits per heavy atom. The lowest BCUT2D eigenvalue weighted by Crippen LogP contribution is -2.51. The lowest BCUT2D eigenvalue weighted by atomic mass is 9.99. The Bertz CT molecular complexity index is 799. The van der Waals surface area contributed by atoms with Crippen LogP contribution in [-0.2, 0) is 29.2 Å². The van der Waals surface area contributed by atoms with Crippen LogP contribution in [0.4, 0.5) is 0 Å². The summed E-state index contributed by atoms with van der Waals surface area (Å²) in [7, 11) is 0. The van der Waals surface area contributed by atoms with E-state index < -0.39 is 0 Å². The largest absolute Gasteiger partial charge is 0.314 e. The summed E-state index contributed by atoms with van der Waals surface area (Å²) >= 11 is 0. The minimum Gasteiger partial charge on any atom is -0.314 e. The Morgan fingerprint density at radius 3 is 2.50 bits per heavy atom. The average Bonchev–Trinajstić information content (AvgIpc) is 3.20. The van der Waals surface area contributed by atoms with Gasteiger partial charge in [0.25, 0.3) is 0 Å². The molecule has 3 saturated heterocycles. The number of piperazine rings is 1. The monoisotopic (exact) mass is 411 g/mol. The van der Waals surface area contributed by atoms with E-state index in [-0.39, 0.29) is 17.9 Å². The van der Waals surface area contributed by atoms with Gasteiger partial charge >= 0.3 is 0 Å². The van der Waals surface area contributed by atoms with E-state index in [9.17, 15) is 9.59 Å². The molecule has 5 rings (SSSR count). The zero-order valence-corrected chi connectivity index (χ0v) is 17.7. The first-order valence-electron chi connectivity index (χ1n) is 11.5. The maximum Gasteiger partial charge on any atom is 0.243 e. The Balaban J connectivity index is 1.20. The number of carbonyl (C=O) groups excluding carboxylic acids is 2. The lowest BCUT2D eigenvalue weighted by molar-refractivity contribution is -0.137. The predicted octanol–water partition coefficient (Wildman–Crippen LogP) is 0.677. The molecular weight excluding hydrogens is 378 g/mol.